The Balaban J connectivity index is 1.57. The second-order valence-electron chi connectivity index (χ2n) is 7.84. The summed E-state index contributed by atoms with van der Waals surface area (Å²) >= 11 is 3.15. The van der Waals surface area contributed by atoms with Crippen LogP contribution in [0.25, 0.3) is 0 Å². The van der Waals surface area contributed by atoms with Crippen molar-refractivity contribution in [1.29, 1.82) is 0 Å². The molecule has 0 saturated carbocycles. The molecular weight excluding hydrogens is 578 g/mol. The van der Waals surface area contributed by atoms with Gasteiger partial charge in [0.05, 0.1) is 16.0 Å². The van der Waals surface area contributed by atoms with Crippen LogP contribution in [0.5, 0.6) is 0 Å². The lowest BCUT2D eigenvalue weighted by atomic mass is 10.1. The van der Waals surface area contributed by atoms with Crippen LogP contribution >= 0.6 is 15.9 Å². The van der Waals surface area contributed by atoms with E-state index in [0.717, 1.165) is 12.1 Å². The van der Waals surface area contributed by atoms with E-state index in [1.54, 1.807) is 24.3 Å². The molecule has 4 rings (SSSR count). The van der Waals surface area contributed by atoms with Crippen molar-refractivity contribution in [2.24, 2.45) is 0 Å². The van der Waals surface area contributed by atoms with E-state index in [-0.39, 0.29) is 11.1 Å². The number of hydrogen-bond acceptors (Lipinski definition) is 8. The van der Waals surface area contributed by atoms with Crippen molar-refractivity contribution in [2.45, 2.75) is 29.3 Å². The largest absolute Gasteiger partial charge is 0.459 e. The van der Waals surface area contributed by atoms with E-state index in [1.807, 2.05) is 0 Å². The van der Waals surface area contributed by atoms with Crippen LogP contribution in [-0.4, -0.2) is 51.4 Å². The summed E-state index contributed by atoms with van der Waals surface area (Å²) in [4.78, 5) is 24.5. The van der Waals surface area contributed by atoms with Crippen LogP contribution in [0, 0.1) is 0 Å². The summed E-state index contributed by atoms with van der Waals surface area (Å²) in [6, 6.07) is 20.2. The van der Waals surface area contributed by atoms with Crippen molar-refractivity contribution in [1.82, 2.24) is 0 Å². The molecule has 194 valence electrons. The quantitative estimate of drug-likeness (QED) is 0.274. The summed E-state index contributed by atoms with van der Waals surface area (Å²) in [5.74, 6) is -6.08. The van der Waals surface area contributed by atoms with Gasteiger partial charge < -0.3 is 14.2 Å². The normalized spacial score (nSPS) is 20.8. The maximum atomic E-state index is 15.4. The minimum atomic E-state index is -4.71. The number of benzene rings is 3. The Morgan fingerprint density at radius 2 is 1.41 bits per heavy atom. The van der Waals surface area contributed by atoms with E-state index in [1.165, 1.54) is 48.5 Å². The Bertz CT molecular complexity index is 1350. The molecule has 1 aliphatic heterocycles. The average molecular weight is 597 g/mol. The second-order valence-corrected chi connectivity index (χ2v) is 10.3. The third kappa shape index (κ3) is 6.21. The van der Waals surface area contributed by atoms with Gasteiger partial charge in [-0.25, -0.2) is 13.8 Å². The summed E-state index contributed by atoms with van der Waals surface area (Å²) in [7, 11) is -4.71. The lowest BCUT2D eigenvalue weighted by Crippen LogP contribution is -2.45. The summed E-state index contributed by atoms with van der Waals surface area (Å²) in [6.45, 7) is -0.770. The summed E-state index contributed by atoms with van der Waals surface area (Å²) in [5.41, 5.74) is 0.126. The average Bonchev–Trinajstić information content (AvgIpc) is 3.12. The predicted octanol–water partition coefficient (Wildman–Crippen LogP) is 4.60. The molecule has 3 atom stereocenters. The van der Waals surface area contributed by atoms with Crippen molar-refractivity contribution in [2.75, 3.05) is 6.61 Å². The van der Waals surface area contributed by atoms with Gasteiger partial charge in [-0.1, -0.05) is 52.3 Å². The third-order valence-corrected chi connectivity index (χ3v) is 7.08. The van der Waals surface area contributed by atoms with Gasteiger partial charge in [-0.05, 0) is 48.5 Å². The first-order valence-electron chi connectivity index (χ1n) is 10.8. The van der Waals surface area contributed by atoms with Gasteiger partial charge in [0.15, 0.2) is 0 Å². The van der Waals surface area contributed by atoms with Crippen molar-refractivity contribution < 1.29 is 45.2 Å². The zero-order valence-electron chi connectivity index (χ0n) is 18.8. The van der Waals surface area contributed by atoms with Crippen LogP contribution in [0.15, 0.2) is 94.3 Å². The first kappa shape index (κ1) is 26.9. The molecule has 0 amide bonds. The molecule has 1 saturated heterocycles. The van der Waals surface area contributed by atoms with E-state index in [4.69, 9.17) is 18.4 Å². The summed E-state index contributed by atoms with van der Waals surface area (Å²) in [6.07, 6.45) is -6.72. The molecule has 0 spiro atoms. The number of halogens is 3. The molecule has 0 unspecified atom stereocenters. The van der Waals surface area contributed by atoms with Gasteiger partial charge >= 0.3 is 17.9 Å². The third-order valence-electron chi connectivity index (χ3n) is 5.28. The first-order valence-corrected chi connectivity index (χ1v) is 13.0. The van der Waals surface area contributed by atoms with Crippen LogP contribution in [-0.2, 0) is 28.5 Å². The number of ether oxygens (including phenoxy) is 3. The van der Waals surface area contributed by atoms with E-state index in [9.17, 15) is 18.0 Å². The molecular formula is C25H19BrF2O8S. The van der Waals surface area contributed by atoms with Crippen molar-refractivity contribution in [3.63, 3.8) is 0 Å². The Morgan fingerprint density at radius 3 is 1.97 bits per heavy atom. The maximum Gasteiger partial charge on any atom is 0.338 e. The molecule has 12 heteroatoms. The molecule has 0 bridgehead atoms. The summed E-state index contributed by atoms with van der Waals surface area (Å²) < 4.78 is 76.7. The molecule has 1 heterocycles. The van der Waals surface area contributed by atoms with Crippen LogP contribution in [0.4, 0.5) is 8.78 Å². The Hall–Kier alpha value is -3.19. The molecule has 0 radical (unpaired) electrons. The minimum absolute atomic E-state index is 0.0230. The second kappa shape index (κ2) is 11.1. The Labute approximate surface area is 219 Å². The molecule has 0 aromatic heterocycles. The fourth-order valence-electron chi connectivity index (χ4n) is 3.42. The van der Waals surface area contributed by atoms with Gasteiger partial charge in [0.2, 0.25) is 12.4 Å². The van der Waals surface area contributed by atoms with Gasteiger partial charge in [-0.2, -0.15) is 17.2 Å². The van der Waals surface area contributed by atoms with Crippen LogP contribution in [0.2, 0.25) is 0 Å². The molecule has 0 aliphatic carbocycles. The Kier molecular flexibility index (Phi) is 8.02. The smallest absolute Gasteiger partial charge is 0.338 e. The topological polar surface area (TPSA) is 105 Å². The lowest BCUT2D eigenvalue weighted by Gasteiger charge is -2.23. The van der Waals surface area contributed by atoms with Gasteiger partial charge in [0, 0.05) is 4.47 Å². The molecule has 8 nitrogen and oxygen atoms in total. The number of alkyl halides is 2. The fraction of sp³-hybridized carbons (Fsp3) is 0.200. The monoisotopic (exact) mass is 596 g/mol. The van der Waals surface area contributed by atoms with E-state index in [2.05, 4.69) is 15.9 Å². The van der Waals surface area contributed by atoms with Crippen molar-refractivity contribution in [3.05, 3.63) is 101 Å². The molecule has 37 heavy (non-hydrogen) atoms. The number of carbonyl (C=O) groups is 2. The van der Waals surface area contributed by atoms with Gasteiger partial charge in [0.1, 0.15) is 12.7 Å². The Morgan fingerprint density at radius 1 is 0.865 bits per heavy atom. The number of rotatable bonds is 8. The van der Waals surface area contributed by atoms with Crippen LogP contribution < -0.4 is 0 Å². The summed E-state index contributed by atoms with van der Waals surface area (Å²) in [5, 5.41) is 0. The number of esters is 2. The molecule has 3 aromatic rings. The SMILES string of the molecule is O=C(OC[C@H]1O[C@@H](OS(=O)(=O)c2ccc(Br)cc2)C(F)(F)[C@@H]1OC(=O)c1ccccc1)c1ccccc1. The standard InChI is InChI=1S/C25H19BrF2O8S/c26-18-11-13-19(14-12-18)37(31,32)36-24-25(27,28)21(35-23(30)17-9-5-2-6-10-17)20(34-24)15-33-22(29)16-7-3-1-4-8-16/h1-14,20-21,24H,15H2/t20-,21-,24+/m1/s1. The molecule has 3 aromatic carbocycles. The molecule has 1 aliphatic rings. The van der Waals surface area contributed by atoms with Crippen LogP contribution in [0.1, 0.15) is 20.7 Å². The van der Waals surface area contributed by atoms with Gasteiger partial charge in [-0.15, -0.1) is 0 Å². The van der Waals surface area contributed by atoms with E-state index >= 15 is 8.78 Å². The van der Waals surface area contributed by atoms with Crippen LogP contribution in [0.3, 0.4) is 0 Å². The highest BCUT2D eigenvalue weighted by molar-refractivity contribution is 9.10. The van der Waals surface area contributed by atoms with E-state index < -0.39 is 58.0 Å². The van der Waals surface area contributed by atoms with Crippen molar-refractivity contribution >= 4 is 38.0 Å². The number of carbonyl (C=O) groups excluding carboxylic acids is 2. The predicted molar refractivity (Wildman–Crippen MR) is 128 cm³/mol. The van der Waals surface area contributed by atoms with Gasteiger partial charge in [-0.3, -0.25) is 0 Å². The van der Waals surface area contributed by atoms with E-state index in [0.29, 0.717) is 4.47 Å². The van der Waals surface area contributed by atoms with Gasteiger partial charge in [0.25, 0.3) is 10.1 Å². The molecule has 1 fully saturated rings. The zero-order valence-corrected chi connectivity index (χ0v) is 21.2. The highest BCUT2D eigenvalue weighted by Gasteiger charge is 2.64. The highest BCUT2D eigenvalue weighted by atomic mass is 79.9. The fourth-order valence-corrected chi connectivity index (χ4v) is 4.66. The maximum absolute atomic E-state index is 15.4. The lowest BCUT2D eigenvalue weighted by molar-refractivity contribution is -0.183. The minimum Gasteiger partial charge on any atom is -0.459 e. The molecule has 0 N–H and O–H groups in total. The number of hydrogen-bond donors (Lipinski definition) is 0. The van der Waals surface area contributed by atoms with Crippen molar-refractivity contribution in [3.8, 4) is 0 Å². The zero-order chi connectivity index (χ0) is 26.6. The first-order chi connectivity index (χ1) is 17.6. The highest BCUT2D eigenvalue weighted by Crippen LogP contribution is 2.41.